The van der Waals surface area contributed by atoms with Crippen LogP contribution in [0.25, 0.3) is 0 Å². The van der Waals surface area contributed by atoms with Crippen molar-refractivity contribution < 1.29 is 9.59 Å². The SMILES string of the molecule is Cc1cccc(CN(C(=O)Cc2cccc(Cl)c2)[C@@H](C)C(=O)NC(C)C)c1. The van der Waals surface area contributed by atoms with Crippen molar-refractivity contribution in [2.24, 2.45) is 0 Å². The molecule has 0 unspecified atom stereocenters. The van der Waals surface area contributed by atoms with Gasteiger partial charge in [-0.3, -0.25) is 9.59 Å². The number of benzene rings is 2. The molecular weight excluding hydrogens is 360 g/mol. The molecule has 1 atom stereocenters. The minimum atomic E-state index is -0.570. The molecule has 0 aliphatic carbocycles. The van der Waals surface area contributed by atoms with Gasteiger partial charge in [0.25, 0.3) is 0 Å². The Labute approximate surface area is 166 Å². The van der Waals surface area contributed by atoms with E-state index in [0.29, 0.717) is 11.6 Å². The van der Waals surface area contributed by atoms with Crippen molar-refractivity contribution in [2.45, 2.75) is 52.7 Å². The van der Waals surface area contributed by atoms with Crippen LogP contribution in [-0.2, 0) is 22.6 Å². The number of hydrogen-bond donors (Lipinski definition) is 1. The molecule has 0 radical (unpaired) electrons. The molecule has 2 aromatic carbocycles. The lowest BCUT2D eigenvalue weighted by atomic mass is 10.1. The number of aryl methyl sites for hydroxylation is 1. The van der Waals surface area contributed by atoms with E-state index in [9.17, 15) is 9.59 Å². The molecule has 0 aliphatic rings. The van der Waals surface area contributed by atoms with Gasteiger partial charge in [0.15, 0.2) is 0 Å². The Hall–Kier alpha value is -2.33. The second-order valence-corrected chi connectivity index (χ2v) is 7.59. The molecule has 0 bridgehead atoms. The number of hydrogen-bond acceptors (Lipinski definition) is 2. The van der Waals surface area contributed by atoms with Gasteiger partial charge in [-0.05, 0) is 51.0 Å². The maximum atomic E-state index is 13.0. The summed E-state index contributed by atoms with van der Waals surface area (Å²) < 4.78 is 0. The minimum Gasteiger partial charge on any atom is -0.352 e. The molecule has 0 spiro atoms. The number of carbonyl (C=O) groups excluding carboxylic acids is 2. The molecule has 1 N–H and O–H groups in total. The van der Waals surface area contributed by atoms with Gasteiger partial charge in [-0.25, -0.2) is 0 Å². The smallest absolute Gasteiger partial charge is 0.242 e. The van der Waals surface area contributed by atoms with Gasteiger partial charge >= 0.3 is 0 Å². The Morgan fingerprint density at radius 3 is 2.33 bits per heavy atom. The van der Waals surface area contributed by atoms with Gasteiger partial charge in [0.1, 0.15) is 6.04 Å². The van der Waals surface area contributed by atoms with Gasteiger partial charge in [-0.2, -0.15) is 0 Å². The number of nitrogens with one attached hydrogen (secondary N) is 1. The number of nitrogens with zero attached hydrogens (tertiary/aromatic N) is 1. The fraction of sp³-hybridized carbons (Fsp3) is 0.364. The van der Waals surface area contributed by atoms with Crippen molar-refractivity contribution in [1.29, 1.82) is 0 Å². The molecule has 0 saturated carbocycles. The monoisotopic (exact) mass is 386 g/mol. The standard InChI is InChI=1S/C22H27ClN2O2/c1-15(2)24-22(27)17(4)25(14-19-9-5-7-16(3)11-19)21(26)13-18-8-6-10-20(23)12-18/h5-12,15,17H,13-14H2,1-4H3,(H,24,27)/t17-/m0/s1. The molecule has 0 aliphatic heterocycles. The Balaban J connectivity index is 2.24. The average molecular weight is 387 g/mol. The van der Waals surface area contributed by atoms with Crippen LogP contribution >= 0.6 is 11.6 Å². The van der Waals surface area contributed by atoms with E-state index in [4.69, 9.17) is 11.6 Å². The molecule has 0 saturated heterocycles. The fourth-order valence-electron chi connectivity index (χ4n) is 2.92. The topological polar surface area (TPSA) is 49.4 Å². The van der Waals surface area contributed by atoms with Crippen molar-refractivity contribution in [2.75, 3.05) is 0 Å². The Kier molecular flexibility index (Phi) is 7.43. The molecule has 5 heteroatoms. The second-order valence-electron chi connectivity index (χ2n) is 7.16. The molecule has 2 rings (SSSR count). The van der Waals surface area contributed by atoms with Crippen LogP contribution in [0.5, 0.6) is 0 Å². The normalized spacial score (nSPS) is 11.9. The summed E-state index contributed by atoms with van der Waals surface area (Å²) in [5, 5.41) is 3.49. The Morgan fingerprint density at radius 2 is 1.70 bits per heavy atom. The van der Waals surface area contributed by atoms with Crippen LogP contribution < -0.4 is 5.32 Å². The predicted molar refractivity (Wildman–Crippen MR) is 110 cm³/mol. The third kappa shape index (κ3) is 6.40. The zero-order chi connectivity index (χ0) is 20.0. The van der Waals surface area contributed by atoms with Crippen molar-refractivity contribution in [1.82, 2.24) is 10.2 Å². The van der Waals surface area contributed by atoms with E-state index in [1.807, 2.05) is 57.2 Å². The zero-order valence-electron chi connectivity index (χ0n) is 16.3. The van der Waals surface area contributed by atoms with E-state index >= 15 is 0 Å². The van der Waals surface area contributed by atoms with E-state index in [1.54, 1.807) is 24.0 Å². The van der Waals surface area contributed by atoms with Gasteiger partial charge in [0, 0.05) is 17.6 Å². The Morgan fingerprint density at radius 1 is 1.04 bits per heavy atom. The second kappa shape index (κ2) is 9.56. The molecule has 144 valence electrons. The van der Waals surface area contributed by atoms with Crippen molar-refractivity contribution in [3.05, 3.63) is 70.2 Å². The molecule has 0 fully saturated rings. The van der Waals surface area contributed by atoms with Crippen LogP contribution in [0.2, 0.25) is 5.02 Å². The third-order valence-corrected chi connectivity index (χ3v) is 4.51. The van der Waals surface area contributed by atoms with Crippen molar-refractivity contribution in [3.8, 4) is 0 Å². The first-order chi connectivity index (χ1) is 12.8. The lowest BCUT2D eigenvalue weighted by Crippen LogP contribution is -2.49. The van der Waals surface area contributed by atoms with E-state index in [2.05, 4.69) is 5.32 Å². The summed E-state index contributed by atoms with van der Waals surface area (Å²) in [5.41, 5.74) is 2.95. The fourth-order valence-corrected chi connectivity index (χ4v) is 3.13. The highest BCUT2D eigenvalue weighted by molar-refractivity contribution is 6.30. The first-order valence-electron chi connectivity index (χ1n) is 9.16. The molecule has 27 heavy (non-hydrogen) atoms. The first kappa shape index (κ1) is 21.0. The molecule has 0 heterocycles. The lowest BCUT2D eigenvalue weighted by molar-refractivity contribution is -0.140. The molecule has 2 aromatic rings. The van der Waals surface area contributed by atoms with Crippen LogP contribution in [0, 0.1) is 6.92 Å². The highest BCUT2D eigenvalue weighted by atomic mass is 35.5. The number of carbonyl (C=O) groups is 2. The summed E-state index contributed by atoms with van der Waals surface area (Å²) in [7, 11) is 0. The highest BCUT2D eigenvalue weighted by Gasteiger charge is 2.26. The van der Waals surface area contributed by atoms with E-state index in [-0.39, 0.29) is 24.3 Å². The lowest BCUT2D eigenvalue weighted by Gasteiger charge is -2.29. The highest BCUT2D eigenvalue weighted by Crippen LogP contribution is 2.16. The van der Waals surface area contributed by atoms with Crippen LogP contribution in [0.15, 0.2) is 48.5 Å². The van der Waals surface area contributed by atoms with Gasteiger partial charge in [0.2, 0.25) is 11.8 Å². The summed E-state index contributed by atoms with van der Waals surface area (Å²) >= 11 is 6.04. The van der Waals surface area contributed by atoms with Gasteiger partial charge < -0.3 is 10.2 Å². The van der Waals surface area contributed by atoms with Crippen LogP contribution in [0.3, 0.4) is 0 Å². The van der Waals surface area contributed by atoms with E-state index in [0.717, 1.165) is 16.7 Å². The Bertz CT molecular complexity index is 804. The van der Waals surface area contributed by atoms with E-state index < -0.39 is 6.04 Å². The maximum absolute atomic E-state index is 13.0. The largest absolute Gasteiger partial charge is 0.352 e. The predicted octanol–water partition coefficient (Wildman–Crippen LogP) is 4.13. The van der Waals surface area contributed by atoms with Crippen LogP contribution in [0.1, 0.15) is 37.5 Å². The van der Waals surface area contributed by atoms with Crippen LogP contribution in [0.4, 0.5) is 0 Å². The summed E-state index contributed by atoms with van der Waals surface area (Å²) in [5.74, 6) is -0.262. The zero-order valence-corrected chi connectivity index (χ0v) is 17.1. The number of rotatable bonds is 7. The average Bonchev–Trinajstić information content (AvgIpc) is 2.58. The van der Waals surface area contributed by atoms with Crippen molar-refractivity contribution in [3.63, 3.8) is 0 Å². The summed E-state index contributed by atoms with van der Waals surface area (Å²) in [4.78, 5) is 27.2. The van der Waals surface area contributed by atoms with Gasteiger partial charge in [0.05, 0.1) is 6.42 Å². The third-order valence-electron chi connectivity index (χ3n) is 4.28. The minimum absolute atomic E-state index is 0.0174. The summed E-state index contributed by atoms with van der Waals surface area (Å²) in [6.07, 6.45) is 0.200. The maximum Gasteiger partial charge on any atom is 0.242 e. The number of halogens is 1. The summed E-state index contributed by atoms with van der Waals surface area (Å²) in [6, 6.07) is 14.7. The molecular formula is C22H27ClN2O2. The number of amides is 2. The van der Waals surface area contributed by atoms with Gasteiger partial charge in [-0.1, -0.05) is 53.6 Å². The molecule has 0 aromatic heterocycles. The van der Waals surface area contributed by atoms with Crippen molar-refractivity contribution >= 4 is 23.4 Å². The summed E-state index contributed by atoms with van der Waals surface area (Å²) in [6.45, 7) is 7.97. The van der Waals surface area contributed by atoms with E-state index in [1.165, 1.54) is 0 Å². The van der Waals surface area contributed by atoms with Gasteiger partial charge in [-0.15, -0.1) is 0 Å². The first-order valence-corrected chi connectivity index (χ1v) is 9.54. The quantitative estimate of drug-likeness (QED) is 0.777. The van der Waals surface area contributed by atoms with Crippen LogP contribution in [-0.4, -0.2) is 28.8 Å². The molecule has 2 amide bonds. The molecule has 4 nitrogen and oxygen atoms in total.